The zero-order chi connectivity index (χ0) is 23.1. The van der Waals surface area contributed by atoms with Crippen molar-refractivity contribution in [3.05, 3.63) is 58.7 Å². The van der Waals surface area contributed by atoms with E-state index in [1.165, 1.54) is 40.4 Å². The van der Waals surface area contributed by atoms with Gasteiger partial charge in [-0.1, -0.05) is 92.4 Å². The lowest BCUT2D eigenvalue weighted by atomic mass is 9.82. The van der Waals surface area contributed by atoms with Crippen molar-refractivity contribution >= 4 is 20.1 Å². The average molecular weight is 442 g/mol. The lowest BCUT2D eigenvalue weighted by molar-refractivity contribution is 0.0495. The normalized spacial score (nSPS) is 14.5. The maximum absolute atomic E-state index is 6.18. The van der Waals surface area contributed by atoms with Gasteiger partial charge in [-0.05, 0) is 40.8 Å². The highest BCUT2D eigenvalue weighted by molar-refractivity contribution is 7.48. The number of ether oxygens (including phenoxy) is 2. The van der Waals surface area contributed by atoms with Crippen LogP contribution in [0.4, 0.5) is 0 Å². The summed E-state index contributed by atoms with van der Waals surface area (Å²) >= 11 is 0. The summed E-state index contributed by atoms with van der Waals surface area (Å²) in [7, 11) is 4.12. The molecule has 2 unspecified atom stereocenters. The highest BCUT2D eigenvalue weighted by Crippen LogP contribution is 2.50. The number of benzene rings is 2. The van der Waals surface area contributed by atoms with Gasteiger partial charge in [0.05, 0.1) is 0 Å². The van der Waals surface area contributed by atoms with Gasteiger partial charge in [-0.3, -0.25) is 4.99 Å². The number of hydrogen-bond donors (Lipinski definition) is 0. The first-order valence-electron chi connectivity index (χ1n) is 11.2. The van der Waals surface area contributed by atoms with Gasteiger partial charge in [-0.25, -0.2) is 0 Å². The van der Waals surface area contributed by atoms with Crippen LogP contribution in [0.2, 0.25) is 0 Å². The molecule has 0 spiro atoms. The van der Waals surface area contributed by atoms with Gasteiger partial charge in [-0.15, -0.1) is 0 Å². The Bertz CT molecular complexity index is 885. The van der Waals surface area contributed by atoms with Crippen molar-refractivity contribution in [2.75, 3.05) is 21.0 Å². The molecule has 4 heteroatoms. The molecular weight excluding hydrogens is 401 g/mol. The average Bonchev–Trinajstić information content (AvgIpc) is 2.72. The molecule has 0 aromatic heterocycles. The lowest BCUT2D eigenvalue weighted by Crippen LogP contribution is -2.24. The van der Waals surface area contributed by atoms with Crippen molar-refractivity contribution in [3.63, 3.8) is 0 Å². The van der Waals surface area contributed by atoms with Crippen molar-refractivity contribution in [2.24, 2.45) is 4.99 Å². The van der Waals surface area contributed by atoms with E-state index in [0.717, 1.165) is 12.2 Å². The van der Waals surface area contributed by atoms with Gasteiger partial charge in [0.15, 0.2) is 6.79 Å². The highest BCUT2D eigenvalue weighted by atomic mass is 31.1. The molecule has 0 saturated heterocycles. The standard InChI is InChI=1S/C27H40NO2P/c1-9-10-15-27(6,31-24-14-12-11-13-21(24)18-28-7)23-17-22(26(3,4)5)16-20(2)25(23)30-19-29-8/h11-14,16-18,31H,9-10,15,19H2,1-8H3. The molecule has 3 nitrogen and oxygen atoms in total. The van der Waals surface area contributed by atoms with Crippen LogP contribution in [0, 0.1) is 6.92 Å². The lowest BCUT2D eigenvalue weighted by Gasteiger charge is -2.35. The van der Waals surface area contributed by atoms with Crippen molar-refractivity contribution < 1.29 is 9.47 Å². The molecule has 2 aromatic carbocycles. The molecule has 0 saturated carbocycles. The molecule has 170 valence electrons. The topological polar surface area (TPSA) is 30.8 Å². The van der Waals surface area contributed by atoms with Gasteiger partial charge in [-0.2, -0.15) is 0 Å². The van der Waals surface area contributed by atoms with E-state index in [-0.39, 0.29) is 17.4 Å². The quantitative estimate of drug-likeness (QED) is 0.232. The molecule has 0 radical (unpaired) electrons. The first-order chi connectivity index (χ1) is 14.7. The third-order valence-electron chi connectivity index (χ3n) is 5.73. The Hall–Kier alpha value is -1.70. The highest BCUT2D eigenvalue weighted by Gasteiger charge is 2.33. The molecule has 31 heavy (non-hydrogen) atoms. The summed E-state index contributed by atoms with van der Waals surface area (Å²) < 4.78 is 11.5. The Labute approximate surface area is 191 Å². The van der Waals surface area contributed by atoms with Crippen LogP contribution in [0.3, 0.4) is 0 Å². The maximum atomic E-state index is 6.18. The van der Waals surface area contributed by atoms with Crippen LogP contribution >= 0.6 is 8.58 Å². The fourth-order valence-electron chi connectivity index (χ4n) is 3.88. The van der Waals surface area contributed by atoms with E-state index in [1.54, 1.807) is 7.11 Å². The van der Waals surface area contributed by atoms with Crippen molar-refractivity contribution in [2.45, 2.75) is 71.4 Å². The van der Waals surface area contributed by atoms with E-state index in [2.05, 4.69) is 82.9 Å². The van der Waals surface area contributed by atoms with Crippen LogP contribution in [0.1, 0.15) is 76.1 Å². The number of nitrogens with zero attached hydrogens (tertiary/aromatic N) is 1. The molecule has 0 N–H and O–H groups in total. The number of aliphatic imine (C=N–C) groups is 1. The smallest absolute Gasteiger partial charge is 0.188 e. The predicted octanol–water partition coefficient (Wildman–Crippen LogP) is 6.73. The van der Waals surface area contributed by atoms with Crippen molar-refractivity contribution in [1.29, 1.82) is 0 Å². The zero-order valence-electron chi connectivity index (χ0n) is 20.6. The van der Waals surface area contributed by atoms with Crippen LogP contribution in [-0.4, -0.2) is 27.2 Å². The van der Waals surface area contributed by atoms with E-state index >= 15 is 0 Å². The molecular formula is C27H40NO2P. The Morgan fingerprint density at radius 3 is 2.42 bits per heavy atom. The largest absolute Gasteiger partial charge is 0.467 e. The fraction of sp³-hybridized carbons (Fsp3) is 0.519. The van der Waals surface area contributed by atoms with Crippen molar-refractivity contribution in [1.82, 2.24) is 0 Å². The van der Waals surface area contributed by atoms with Crippen LogP contribution in [0.25, 0.3) is 0 Å². The summed E-state index contributed by atoms with van der Waals surface area (Å²) in [4.78, 5) is 4.29. The fourth-order valence-corrected chi connectivity index (χ4v) is 5.57. The van der Waals surface area contributed by atoms with E-state index in [9.17, 15) is 0 Å². The molecule has 2 rings (SSSR count). The minimum absolute atomic E-state index is 0.0389. The monoisotopic (exact) mass is 441 g/mol. The zero-order valence-corrected chi connectivity index (χ0v) is 21.6. The van der Waals surface area contributed by atoms with Gasteiger partial charge < -0.3 is 9.47 Å². The number of rotatable bonds is 10. The maximum Gasteiger partial charge on any atom is 0.188 e. The molecule has 2 atom stereocenters. The Morgan fingerprint density at radius 1 is 1.10 bits per heavy atom. The Balaban J connectivity index is 2.69. The molecule has 0 bridgehead atoms. The molecule has 0 aliphatic heterocycles. The molecule has 0 amide bonds. The van der Waals surface area contributed by atoms with Gasteiger partial charge in [0.2, 0.25) is 0 Å². The summed E-state index contributed by atoms with van der Waals surface area (Å²) in [6.07, 6.45) is 5.43. The molecule has 0 aliphatic rings. The first-order valence-corrected chi connectivity index (χ1v) is 12.2. The SMILES string of the molecule is CCCCC(C)(Pc1ccccc1C=NC)c1cc(C(C)(C)C)cc(C)c1OCOC. The molecule has 0 aliphatic carbocycles. The predicted molar refractivity (Wildman–Crippen MR) is 137 cm³/mol. The molecule has 0 heterocycles. The summed E-state index contributed by atoms with van der Waals surface area (Å²) in [6.45, 7) is 13.9. The van der Waals surface area contributed by atoms with Crippen LogP contribution in [-0.2, 0) is 15.3 Å². The van der Waals surface area contributed by atoms with Crippen LogP contribution in [0.5, 0.6) is 5.75 Å². The second kappa shape index (κ2) is 11.2. The molecule has 0 fully saturated rings. The summed E-state index contributed by atoms with van der Waals surface area (Å²) in [6, 6.07) is 13.3. The van der Waals surface area contributed by atoms with Crippen LogP contribution < -0.4 is 10.0 Å². The van der Waals surface area contributed by atoms with E-state index in [4.69, 9.17) is 9.47 Å². The van der Waals surface area contributed by atoms with Gasteiger partial charge >= 0.3 is 0 Å². The van der Waals surface area contributed by atoms with E-state index in [1.807, 2.05) is 13.3 Å². The Kier molecular flexibility index (Phi) is 9.28. The minimum Gasteiger partial charge on any atom is -0.467 e. The van der Waals surface area contributed by atoms with Gasteiger partial charge in [0.1, 0.15) is 5.75 Å². The third kappa shape index (κ3) is 6.64. The van der Waals surface area contributed by atoms with E-state index < -0.39 is 0 Å². The number of aryl methyl sites for hydroxylation is 1. The minimum atomic E-state index is -0.0389. The first kappa shape index (κ1) is 25.6. The Morgan fingerprint density at radius 2 is 1.81 bits per heavy atom. The van der Waals surface area contributed by atoms with E-state index in [0.29, 0.717) is 8.58 Å². The molecule has 2 aromatic rings. The summed E-state index contributed by atoms with van der Waals surface area (Å²) in [5.41, 5.74) is 5.09. The second-order valence-electron chi connectivity index (χ2n) is 9.51. The van der Waals surface area contributed by atoms with Crippen LogP contribution in [0.15, 0.2) is 41.4 Å². The van der Waals surface area contributed by atoms with Gasteiger partial charge in [0.25, 0.3) is 0 Å². The number of methoxy groups -OCH3 is 1. The summed E-state index contributed by atoms with van der Waals surface area (Å²) in [5.74, 6) is 0.975. The van der Waals surface area contributed by atoms with Gasteiger partial charge in [0, 0.05) is 31.1 Å². The second-order valence-corrected chi connectivity index (χ2v) is 11.4. The number of hydrogen-bond acceptors (Lipinski definition) is 3. The summed E-state index contributed by atoms with van der Waals surface area (Å²) in [5, 5.41) is 1.31. The third-order valence-corrected chi connectivity index (χ3v) is 7.52. The van der Waals surface area contributed by atoms with Crippen molar-refractivity contribution in [3.8, 4) is 5.75 Å². The number of unbranched alkanes of at least 4 members (excludes halogenated alkanes) is 1.